The third-order valence-electron chi connectivity index (χ3n) is 7.19. The quantitative estimate of drug-likeness (QED) is 0.522. The van der Waals surface area contributed by atoms with Gasteiger partial charge in [-0.25, -0.2) is 0 Å². The summed E-state index contributed by atoms with van der Waals surface area (Å²) in [4.78, 5) is 0.577. The molecule has 0 amide bonds. The number of rotatable bonds is 4. The molecule has 23 heavy (non-hydrogen) atoms. The maximum absolute atomic E-state index is 11.1. The van der Waals surface area contributed by atoms with Crippen molar-refractivity contribution in [3.05, 3.63) is 11.6 Å². The Balaban J connectivity index is 2.28. The fraction of sp³-hybridized carbons (Fsp3) is 0.900. The molecule has 5 atom stereocenters. The molecule has 3 heteroatoms. The number of hydrogen-bond acceptors (Lipinski definition) is 2. The van der Waals surface area contributed by atoms with Gasteiger partial charge < -0.3 is 10.2 Å². The monoisotopic (exact) mass is 386 g/mol. The summed E-state index contributed by atoms with van der Waals surface area (Å²) in [5.74, 6) is 0.982. The molecule has 0 aromatic heterocycles. The molecule has 134 valence electrons. The lowest BCUT2D eigenvalue weighted by Gasteiger charge is -2.62. The fourth-order valence-corrected chi connectivity index (χ4v) is 6.31. The van der Waals surface area contributed by atoms with E-state index in [1.54, 1.807) is 0 Å². The van der Waals surface area contributed by atoms with Crippen molar-refractivity contribution in [1.82, 2.24) is 0 Å². The summed E-state index contributed by atoms with van der Waals surface area (Å²) in [6.45, 7) is 11.5. The standard InChI is InChI=1S/C20H35BrO2/c1-14(10-13-22)6-7-16-19(4)11-9-17(21)18(2,3)15(19)8-12-20(16,5)23/h10,15-17,22-23H,6-9,11-13H2,1-5H3/b14-10+/t15-,16+,17+,19+,20-/m1/s1. The van der Waals surface area contributed by atoms with Crippen LogP contribution in [-0.4, -0.2) is 27.2 Å². The van der Waals surface area contributed by atoms with E-state index in [9.17, 15) is 5.11 Å². The normalized spacial score (nSPS) is 44.0. The van der Waals surface area contributed by atoms with Gasteiger partial charge in [0.25, 0.3) is 0 Å². The number of hydrogen-bond donors (Lipinski definition) is 2. The molecule has 0 saturated heterocycles. The van der Waals surface area contributed by atoms with Crippen LogP contribution in [0.15, 0.2) is 11.6 Å². The first kappa shape index (κ1) is 19.5. The number of allylic oxidation sites excluding steroid dienone is 1. The topological polar surface area (TPSA) is 40.5 Å². The van der Waals surface area contributed by atoms with E-state index in [-0.39, 0.29) is 17.4 Å². The zero-order chi connectivity index (χ0) is 17.5. The molecular weight excluding hydrogens is 352 g/mol. The van der Waals surface area contributed by atoms with Crippen LogP contribution in [0.25, 0.3) is 0 Å². The summed E-state index contributed by atoms with van der Waals surface area (Å²) < 4.78 is 0. The highest BCUT2D eigenvalue weighted by atomic mass is 79.9. The molecule has 2 nitrogen and oxygen atoms in total. The zero-order valence-electron chi connectivity index (χ0n) is 15.5. The SMILES string of the molecule is C/C(=C\CO)CC[C@H]1[C@@]2(C)CC[C@H](Br)C(C)(C)[C@H]2CC[C@@]1(C)O. The highest BCUT2D eigenvalue weighted by Gasteiger charge is 2.59. The van der Waals surface area contributed by atoms with Crippen molar-refractivity contribution in [1.29, 1.82) is 0 Å². The number of aliphatic hydroxyl groups excluding tert-OH is 1. The Labute approximate surface area is 150 Å². The van der Waals surface area contributed by atoms with Gasteiger partial charge in [0.15, 0.2) is 0 Å². The van der Waals surface area contributed by atoms with E-state index in [2.05, 4.69) is 50.5 Å². The molecule has 0 bridgehead atoms. The van der Waals surface area contributed by atoms with Gasteiger partial charge in [-0.05, 0) is 75.0 Å². The zero-order valence-corrected chi connectivity index (χ0v) is 17.1. The third-order valence-corrected chi connectivity index (χ3v) is 8.83. The second kappa shape index (κ2) is 6.80. The van der Waals surface area contributed by atoms with Crippen LogP contribution >= 0.6 is 15.9 Å². The van der Waals surface area contributed by atoms with Gasteiger partial charge in [-0.1, -0.05) is 48.4 Å². The fourth-order valence-electron chi connectivity index (χ4n) is 5.76. The van der Waals surface area contributed by atoms with E-state index in [0.29, 0.717) is 16.7 Å². The molecule has 2 aliphatic carbocycles. The van der Waals surface area contributed by atoms with Crippen LogP contribution in [0.4, 0.5) is 0 Å². The first-order chi connectivity index (χ1) is 10.6. The van der Waals surface area contributed by atoms with Crippen LogP contribution < -0.4 is 0 Å². The largest absolute Gasteiger partial charge is 0.392 e. The van der Waals surface area contributed by atoms with Gasteiger partial charge in [-0.15, -0.1) is 0 Å². The molecule has 2 rings (SSSR count). The number of aliphatic hydroxyl groups is 2. The molecular formula is C20H35BrO2. The van der Waals surface area contributed by atoms with Crippen LogP contribution in [0.2, 0.25) is 0 Å². The lowest BCUT2D eigenvalue weighted by molar-refractivity contribution is -0.166. The molecule has 2 saturated carbocycles. The van der Waals surface area contributed by atoms with Gasteiger partial charge >= 0.3 is 0 Å². The molecule has 2 aliphatic rings. The van der Waals surface area contributed by atoms with Crippen LogP contribution in [0.3, 0.4) is 0 Å². The molecule has 0 aliphatic heterocycles. The van der Waals surface area contributed by atoms with Gasteiger partial charge in [-0.3, -0.25) is 0 Å². The van der Waals surface area contributed by atoms with Crippen molar-refractivity contribution in [2.45, 2.75) is 83.6 Å². The molecule has 0 heterocycles. The van der Waals surface area contributed by atoms with Crippen molar-refractivity contribution in [2.24, 2.45) is 22.7 Å². The van der Waals surface area contributed by atoms with Crippen molar-refractivity contribution in [2.75, 3.05) is 6.61 Å². The summed E-state index contributed by atoms with van der Waals surface area (Å²) in [7, 11) is 0. The minimum atomic E-state index is -0.569. The van der Waals surface area contributed by atoms with Gasteiger partial charge in [0.2, 0.25) is 0 Å². The first-order valence-corrected chi connectivity index (χ1v) is 10.1. The van der Waals surface area contributed by atoms with Crippen molar-refractivity contribution < 1.29 is 10.2 Å². The number of alkyl halides is 1. The second-order valence-electron chi connectivity index (χ2n) is 9.11. The molecule has 0 aromatic rings. The minimum absolute atomic E-state index is 0.116. The van der Waals surface area contributed by atoms with E-state index in [1.807, 2.05) is 6.08 Å². The maximum Gasteiger partial charge on any atom is 0.0653 e. The van der Waals surface area contributed by atoms with Crippen LogP contribution in [0.5, 0.6) is 0 Å². The van der Waals surface area contributed by atoms with E-state index in [4.69, 9.17) is 5.11 Å². The van der Waals surface area contributed by atoms with E-state index in [0.717, 1.165) is 25.7 Å². The van der Waals surface area contributed by atoms with Crippen LogP contribution in [-0.2, 0) is 0 Å². The Morgan fingerprint density at radius 1 is 1.17 bits per heavy atom. The maximum atomic E-state index is 11.1. The smallest absolute Gasteiger partial charge is 0.0653 e. The Morgan fingerprint density at radius 2 is 1.83 bits per heavy atom. The van der Waals surface area contributed by atoms with E-state index >= 15 is 0 Å². The lowest BCUT2D eigenvalue weighted by Crippen LogP contribution is -2.59. The highest BCUT2D eigenvalue weighted by Crippen LogP contribution is 2.64. The van der Waals surface area contributed by atoms with E-state index in [1.165, 1.54) is 18.4 Å². The average molecular weight is 387 g/mol. The molecule has 0 radical (unpaired) electrons. The summed E-state index contributed by atoms with van der Waals surface area (Å²) in [6.07, 6.45) is 8.31. The van der Waals surface area contributed by atoms with Crippen LogP contribution in [0, 0.1) is 22.7 Å². The molecule has 2 fully saturated rings. The molecule has 2 N–H and O–H groups in total. The lowest BCUT2D eigenvalue weighted by atomic mass is 9.45. The highest BCUT2D eigenvalue weighted by molar-refractivity contribution is 9.09. The van der Waals surface area contributed by atoms with Gasteiger partial charge in [0.1, 0.15) is 0 Å². The van der Waals surface area contributed by atoms with Gasteiger partial charge in [0.05, 0.1) is 12.2 Å². The Hall–Kier alpha value is 0.140. The van der Waals surface area contributed by atoms with Crippen molar-refractivity contribution in [3.8, 4) is 0 Å². The molecule has 0 unspecified atom stereocenters. The Morgan fingerprint density at radius 3 is 2.43 bits per heavy atom. The Bertz CT molecular complexity index is 455. The Kier molecular flexibility index (Phi) is 5.76. The van der Waals surface area contributed by atoms with Gasteiger partial charge in [0, 0.05) is 4.83 Å². The number of halogens is 1. The van der Waals surface area contributed by atoms with Gasteiger partial charge in [-0.2, -0.15) is 0 Å². The minimum Gasteiger partial charge on any atom is -0.392 e. The third kappa shape index (κ3) is 3.57. The van der Waals surface area contributed by atoms with Crippen molar-refractivity contribution in [3.63, 3.8) is 0 Å². The van der Waals surface area contributed by atoms with Crippen molar-refractivity contribution >= 4 is 15.9 Å². The van der Waals surface area contributed by atoms with Crippen LogP contribution in [0.1, 0.15) is 73.1 Å². The molecule has 0 spiro atoms. The summed E-state index contributed by atoms with van der Waals surface area (Å²) >= 11 is 3.93. The summed E-state index contributed by atoms with van der Waals surface area (Å²) in [6, 6.07) is 0. The summed E-state index contributed by atoms with van der Waals surface area (Å²) in [5, 5.41) is 20.2. The first-order valence-electron chi connectivity index (χ1n) is 9.18. The second-order valence-corrected chi connectivity index (χ2v) is 10.2. The predicted octanol–water partition coefficient (Wildman–Crippen LogP) is 5.07. The summed E-state index contributed by atoms with van der Waals surface area (Å²) in [5.41, 5.74) is 1.15. The average Bonchev–Trinajstić information content (AvgIpc) is 2.42. The molecule has 0 aromatic carbocycles. The predicted molar refractivity (Wildman–Crippen MR) is 101 cm³/mol. The van der Waals surface area contributed by atoms with E-state index < -0.39 is 5.60 Å². The number of fused-ring (bicyclic) bond motifs is 1.